The maximum absolute atomic E-state index is 13.1. The van der Waals surface area contributed by atoms with Gasteiger partial charge in [0.1, 0.15) is 5.82 Å². The van der Waals surface area contributed by atoms with E-state index in [-0.39, 0.29) is 17.5 Å². The predicted octanol–water partition coefficient (Wildman–Crippen LogP) is 0.976. The lowest BCUT2D eigenvalue weighted by atomic mass is 10.1. The van der Waals surface area contributed by atoms with Crippen molar-refractivity contribution in [3.63, 3.8) is 0 Å². The van der Waals surface area contributed by atoms with Crippen molar-refractivity contribution in [3.8, 4) is 0 Å². The van der Waals surface area contributed by atoms with E-state index in [1.807, 2.05) is 0 Å². The first-order valence-corrected chi connectivity index (χ1v) is 5.46. The summed E-state index contributed by atoms with van der Waals surface area (Å²) < 4.78 is 13.1. The van der Waals surface area contributed by atoms with Gasteiger partial charge in [-0.05, 0) is 24.6 Å². The van der Waals surface area contributed by atoms with Gasteiger partial charge in [-0.2, -0.15) is 0 Å². The summed E-state index contributed by atoms with van der Waals surface area (Å²) in [5, 5.41) is 12.1. The van der Waals surface area contributed by atoms with E-state index in [0.717, 1.165) is 6.07 Å². The first-order valence-electron chi connectivity index (χ1n) is 5.08. The fourth-order valence-electron chi connectivity index (χ4n) is 1.20. The average Bonchev–Trinajstić information content (AvgIpc) is 2.28. The molecule has 1 aromatic rings. The Morgan fingerprint density at radius 1 is 1.65 bits per heavy atom. The topological polar surface area (TPSA) is 75.4 Å². The van der Waals surface area contributed by atoms with Crippen LogP contribution in [0.5, 0.6) is 0 Å². The highest BCUT2D eigenvalue weighted by molar-refractivity contribution is 6.30. The SMILES string of the molecule is CC(N)C(=O)NCC(O)c1ccc(Cl)c(F)c1. The normalized spacial score (nSPS) is 14.2. The standard InChI is InChI=1S/C11H14ClFN2O2/c1-6(14)11(17)15-5-10(16)7-2-3-8(12)9(13)4-7/h2-4,6,10,16H,5,14H2,1H3,(H,15,17). The molecule has 1 rings (SSSR count). The van der Waals surface area contributed by atoms with E-state index in [2.05, 4.69) is 5.32 Å². The molecule has 2 atom stereocenters. The number of rotatable bonds is 4. The molecule has 94 valence electrons. The molecule has 0 aliphatic carbocycles. The minimum Gasteiger partial charge on any atom is -0.387 e. The fourth-order valence-corrected chi connectivity index (χ4v) is 1.31. The van der Waals surface area contributed by atoms with Crippen molar-refractivity contribution >= 4 is 17.5 Å². The number of nitrogens with two attached hydrogens (primary N) is 1. The molecule has 0 heterocycles. The number of hydrogen-bond donors (Lipinski definition) is 3. The van der Waals surface area contributed by atoms with Crippen molar-refractivity contribution in [1.29, 1.82) is 0 Å². The Bertz CT molecular complexity index is 412. The second-order valence-electron chi connectivity index (χ2n) is 3.72. The van der Waals surface area contributed by atoms with Crippen molar-refractivity contribution in [2.24, 2.45) is 5.73 Å². The van der Waals surface area contributed by atoms with E-state index in [4.69, 9.17) is 17.3 Å². The van der Waals surface area contributed by atoms with Gasteiger partial charge in [0.05, 0.1) is 17.2 Å². The molecule has 4 nitrogen and oxygen atoms in total. The van der Waals surface area contributed by atoms with Gasteiger partial charge < -0.3 is 16.2 Å². The lowest BCUT2D eigenvalue weighted by Crippen LogP contribution is -2.40. The van der Waals surface area contributed by atoms with Gasteiger partial charge >= 0.3 is 0 Å². The lowest BCUT2D eigenvalue weighted by Gasteiger charge is -2.13. The number of benzene rings is 1. The minimum absolute atomic E-state index is 0.0134. The molecule has 17 heavy (non-hydrogen) atoms. The van der Waals surface area contributed by atoms with Crippen molar-refractivity contribution in [3.05, 3.63) is 34.6 Å². The van der Waals surface area contributed by atoms with E-state index in [9.17, 15) is 14.3 Å². The number of nitrogens with one attached hydrogen (secondary N) is 1. The predicted molar refractivity (Wildman–Crippen MR) is 63.0 cm³/mol. The molecule has 0 fully saturated rings. The van der Waals surface area contributed by atoms with E-state index in [1.165, 1.54) is 19.1 Å². The maximum Gasteiger partial charge on any atom is 0.236 e. The third-order valence-electron chi connectivity index (χ3n) is 2.21. The molecule has 2 unspecified atom stereocenters. The molecule has 0 saturated carbocycles. The van der Waals surface area contributed by atoms with Crippen LogP contribution in [0.3, 0.4) is 0 Å². The summed E-state index contributed by atoms with van der Waals surface area (Å²) >= 11 is 5.51. The quantitative estimate of drug-likeness (QED) is 0.755. The summed E-state index contributed by atoms with van der Waals surface area (Å²) in [6.07, 6.45) is -0.996. The fraction of sp³-hybridized carbons (Fsp3) is 0.364. The highest BCUT2D eigenvalue weighted by Gasteiger charge is 2.13. The number of hydrogen-bond acceptors (Lipinski definition) is 3. The van der Waals surface area contributed by atoms with Crippen LogP contribution in [0.25, 0.3) is 0 Å². The van der Waals surface area contributed by atoms with E-state index >= 15 is 0 Å². The molecule has 4 N–H and O–H groups in total. The summed E-state index contributed by atoms with van der Waals surface area (Å²) in [4.78, 5) is 11.2. The second-order valence-corrected chi connectivity index (χ2v) is 4.13. The van der Waals surface area contributed by atoms with Gasteiger partial charge in [0.25, 0.3) is 0 Å². The molecule has 0 aliphatic rings. The molecule has 0 radical (unpaired) electrons. The van der Waals surface area contributed by atoms with Gasteiger partial charge in [-0.1, -0.05) is 17.7 Å². The number of amides is 1. The van der Waals surface area contributed by atoms with Crippen molar-refractivity contribution in [1.82, 2.24) is 5.32 Å². The highest BCUT2D eigenvalue weighted by Crippen LogP contribution is 2.19. The summed E-state index contributed by atoms with van der Waals surface area (Å²) in [5.74, 6) is -0.986. The smallest absolute Gasteiger partial charge is 0.236 e. The molecule has 0 bridgehead atoms. The van der Waals surface area contributed by atoms with Crippen LogP contribution in [-0.2, 0) is 4.79 Å². The van der Waals surface area contributed by atoms with Crippen LogP contribution in [0.1, 0.15) is 18.6 Å². The zero-order valence-electron chi connectivity index (χ0n) is 9.28. The Kier molecular flexibility index (Phi) is 4.86. The van der Waals surface area contributed by atoms with Gasteiger partial charge in [-0.25, -0.2) is 4.39 Å². The lowest BCUT2D eigenvalue weighted by molar-refractivity contribution is -0.122. The van der Waals surface area contributed by atoms with Crippen molar-refractivity contribution in [2.75, 3.05) is 6.54 Å². The van der Waals surface area contributed by atoms with Crippen LogP contribution in [0.4, 0.5) is 4.39 Å². The van der Waals surface area contributed by atoms with Gasteiger partial charge in [-0.15, -0.1) is 0 Å². The monoisotopic (exact) mass is 260 g/mol. The number of aliphatic hydroxyl groups is 1. The average molecular weight is 261 g/mol. The Hall–Kier alpha value is -1.17. The number of carbonyl (C=O) groups is 1. The Labute approximate surface area is 104 Å². The maximum atomic E-state index is 13.1. The van der Waals surface area contributed by atoms with Crippen LogP contribution in [0.2, 0.25) is 5.02 Å². The molecule has 0 aliphatic heterocycles. The summed E-state index contributed by atoms with van der Waals surface area (Å²) in [7, 11) is 0. The third-order valence-corrected chi connectivity index (χ3v) is 2.52. The molecule has 1 amide bonds. The largest absolute Gasteiger partial charge is 0.387 e. The molecule has 0 aromatic heterocycles. The van der Waals surface area contributed by atoms with E-state index in [0.29, 0.717) is 5.56 Å². The molecule has 6 heteroatoms. The van der Waals surface area contributed by atoms with Crippen LogP contribution < -0.4 is 11.1 Å². The van der Waals surface area contributed by atoms with Gasteiger partial charge in [-0.3, -0.25) is 4.79 Å². The number of aliphatic hydroxyl groups excluding tert-OH is 1. The number of carbonyl (C=O) groups excluding carboxylic acids is 1. The molecule has 1 aromatic carbocycles. The van der Waals surface area contributed by atoms with Crippen LogP contribution >= 0.6 is 11.6 Å². The van der Waals surface area contributed by atoms with Crippen LogP contribution in [0.15, 0.2) is 18.2 Å². The van der Waals surface area contributed by atoms with E-state index < -0.39 is 18.0 Å². The minimum atomic E-state index is -0.996. The third kappa shape index (κ3) is 3.96. The Balaban J connectivity index is 2.61. The van der Waals surface area contributed by atoms with Crippen LogP contribution in [-0.4, -0.2) is 23.6 Å². The summed E-state index contributed by atoms with van der Waals surface area (Å²) in [6, 6.07) is 3.33. The highest BCUT2D eigenvalue weighted by atomic mass is 35.5. The van der Waals surface area contributed by atoms with Gasteiger partial charge in [0.15, 0.2) is 0 Å². The Morgan fingerprint density at radius 2 is 2.29 bits per heavy atom. The molecular formula is C11H14ClFN2O2. The second kappa shape index (κ2) is 5.95. The summed E-state index contributed by atoms with van der Waals surface area (Å²) in [6.45, 7) is 1.51. The van der Waals surface area contributed by atoms with Gasteiger partial charge in [0, 0.05) is 6.54 Å². The number of halogens is 2. The first kappa shape index (κ1) is 13.9. The zero-order valence-corrected chi connectivity index (χ0v) is 10.0. The molecule has 0 saturated heterocycles. The van der Waals surface area contributed by atoms with E-state index in [1.54, 1.807) is 0 Å². The van der Waals surface area contributed by atoms with Crippen molar-refractivity contribution < 1.29 is 14.3 Å². The Morgan fingerprint density at radius 3 is 2.82 bits per heavy atom. The van der Waals surface area contributed by atoms with Gasteiger partial charge in [0.2, 0.25) is 5.91 Å². The molecular weight excluding hydrogens is 247 g/mol. The zero-order chi connectivity index (χ0) is 13.0. The van der Waals surface area contributed by atoms with Crippen LogP contribution in [0, 0.1) is 5.82 Å². The first-order chi connectivity index (χ1) is 7.91. The molecule has 0 spiro atoms. The van der Waals surface area contributed by atoms with Crippen molar-refractivity contribution in [2.45, 2.75) is 19.1 Å². The summed E-state index contributed by atoms with van der Waals surface area (Å²) in [5.41, 5.74) is 5.68.